The Hall–Kier alpha value is -2.69. The molecule has 1 heterocycles. The zero-order valence-electron chi connectivity index (χ0n) is 20.8. The first-order valence-corrected chi connectivity index (χ1v) is 12.6. The number of carboxylic acids is 2. The molecule has 2 aromatic rings. The Kier molecular flexibility index (Phi) is 16.2. The summed E-state index contributed by atoms with van der Waals surface area (Å²) in [6, 6.07) is 9.57. The highest BCUT2D eigenvalue weighted by molar-refractivity contribution is 6.38. The van der Waals surface area contributed by atoms with Gasteiger partial charge in [-0.15, -0.1) is 0 Å². The zero-order valence-corrected chi connectivity index (χ0v) is 22.3. The van der Waals surface area contributed by atoms with Crippen molar-refractivity contribution in [3.63, 3.8) is 0 Å². The van der Waals surface area contributed by atoms with E-state index in [4.69, 9.17) is 43.9 Å². The third-order valence-corrected chi connectivity index (χ3v) is 5.79. The number of aromatic nitrogens is 1. The number of rotatable bonds is 15. The lowest BCUT2D eigenvalue weighted by Crippen LogP contribution is -2.30. The standard InChI is InChI=1S/C22H31Cl2N3O2.C4H4O4/c1-16(27-15-21(28)17-13-19(23)22(25)20(24)14-17)7-3-2-6-11-29-12-9-18-8-4-5-10-26-18;5-3(6)1-2-4(7)8/h4-5,8,10,13-14,16,21,27-28H,2-3,6-7,9,11-12,15,25H2,1H3;1-2H,(H,5,6)(H,7,8)/b;2-1+. The summed E-state index contributed by atoms with van der Waals surface area (Å²) in [5.74, 6) is -2.51. The molecule has 0 aliphatic carbocycles. The molecule has 2 unspecified atom stereocenters. The number of benzene rings is 1. The number of nitrogens with two attached hydrogens (primary N) is 1. The number of nitrogens with one attached hydrogen (secondary N) is 1. The molecule has 0 saturated heterocycles. The second-order valence-electron chi connectivity index (χ2n) is 8.27. The fourth-order valence-corrected chi connectivity index (χ4v) is 3.63. The van der Waals surface area contributed by atoms with Crippen LogP contribution in [0.5, 0.6) is 0 Å². The normalized spacial score (nSPS) is 12.5. The van der Waals surface area contributed by atoms with Crippen LogP contribution in [0.4, 0.5) is 5.69 Å². The van der Waals surface area contributed by atoms with Crippen molar-refractivity contribution in [2.75, 3.05) is 25.5 Å². The molecule has 0 saturated carbocycles. The average molecular weight is 556 g/mol. The molecule has 0 bridgehead atoms. The monoisotopic (exact) mass is 555 g/mol. The highest BCUT2D eigenvalue weighted by atomic mass is 35.5. The van der Waals surface area contributed by atoms with Gasteiger partial charge in [-0.3, -0.25) is 4.98 Å². The summed E-state index contributed by atoms with van der Waals surface area (Å²) in [7, 11) is 0. The van der Waals surface area contributed by atoms with Crippen molar-refractivity contribution in [2.24, 2.45) is 0 Å². The molecule has 2 atom stereocenters. The number of pyridine rings is 1. The maximum Gasteiger partial charge on any atom is 0.328 e. The van der Waals surface area contributed by atoms with Crippen LogP contribution in [0.3, 0.4) is 0 Å². The number of hydrogen-bond acceptors (Lipinski definition) is 7. The number of ether oxygens (including phenoxy) is 1. The summed E-state index contributed by atoms with van der Waals surface area (Å²) in [5, 5.41) is 30.1. The third-order valence-electron chi connectivity index (χ3n) is 5.17. The molecular formula is C26H35Cl2N3O6. The van der Waals surface area contributed by atoms with Crippen LogP contribution >= 0.6 is 23.2 Å². The number of aliphatic hydroxyl groups is 1. The van der Waals surface area contributed by atoms with Crippen molar-refractivity contribution >= 4 is 40.8 Å². The van der Waals surface area contributed by atoms with E-state index < -0.39 is 18.0 Å². The lowest BCUT2D eigenvalue weighted by molar-refractivity contribution is -0.134. The highest BCUT2D eigenvalue weighted by Gasteiger charge is 2.13. The van der Waals surface area contributed by atoms with Crippen molar-refractivity contribution in [3.05, 3.63) is 70.0 Å². The van der Waals surface area contributed by atoms with Crippen LogP contribution in [-0.2, 0) is 20.7 Å². The molecule has 1 aromatic heterocycles. The lowest BCUT2D eigenvalue weighted by atomic mass is 10.1. The van der Waals surface area contributed by atoms with Gasteiger partial charge < -0.3 is 31.1 Å². The van der Waals surface area contributed by atoms with E-state index in [1.807, 2.05) is 24.4 Å². The summed E-state index contributed by atoms with van der Waals surface area (Å²) in [6.07, 6.45) is 7.45. The largest absolute Gasteiger partial charge is 0.478 e. The summed E-state index contributed by atoms with van der Waals surface area (Å²) in [5.41, 5.74) is 7.80. The molecule has 1 aromatic carbocycles. The minimum absolute atomic E-state index is 0.314. The summed E-state index contributed by atoms with van der Waals surface area (Å²) >= 11 is 12.1. The smallest absolute Gasteiger partial charge is 0.328 e. The molecule has 0 aliphatic heterocycles. The van der Waals surface area contributed by atoms with Gasteiger partial charge in [0.05, 0.1) is 28.4 Å². The van der Waals surface area contributed by atoms with Gasteiger partial charge in [0.25, 0.3) is 0 Å². The Bertz CT molecular complexity index is 953. The van der Waals surface area contributed by atoms with Gasteiger partial charge in [0.15, 0.2) is 0 Å². The number of aliphatic carboxylic acids is 2. The molecule has 0 aliphatic rings. The second-order valence-corrected chi connectivity index (χ2v) is 9.08. The first-order chi connectivity index (χ1) is 17.6. The molecule has 0 spiro atoms. The Balaban J connectivity index is 0.000000738. The molecule has 204 valence electrons. The van der Waals surface area contributed by atoms with E-state index in [0.717, 1.165) is 44.4 Å². The van der Waals surface area contributed by atoms with Crippen molar-refractivity contribution in [1.29, 1.82) is 0 Å². The SMILES string of the molecule is CC(CCCCCOCCc1ccccn1)NCC(O)c1cc(Cl)c(N)c(Cl)c1.O=C(O)/C=C/C(=O)O. The fraction of sp³-hybridized carbons (Fsp3) is 0.423. The molecule has 0 fully saturated rings. The van der Waals surface area contributed by atoms with Crippen molar-refractivity contribution in [2.45, 2.75) is 51.2 Å². The molecular weight excluding hydrogens is 521 g/mol. The number of hydrogen-bond donors (Lipinski definition) is 5. The van der Waals surface area contributed by atoms with Crippen LogP contribution in [-0.4, -0.2) is 58.0 Å². The number of halogens is 2. The first kappa shape index (κ1) is 32.3. The quantitative estimate of drug-likeness (QED) is 0.121. The third kappa shape index (κ3) is 15.2. The number of unbranched alkanes of at least 4 members (excludes halogenated alkanes) is 2. The van der Waals surface area contributed by atoms with Crippen LogP contribution in [0, 0.1) is 0 Å². The van der Waals surface area contributed by atoms with Crippen LogP contribution in [0.1, 0.15) is 50.0 Å². The van der Waals surface area contributed by atoms with E-state index in [1.54, 1.807) is 12.1 Å². The number of nitrogen functional groups attached to an aromatic ring is 1. The van der Waals surface area contributed by atoms with Crippen molar-refractivity contribution < 1.29 is 29.6 Å². The van der Waals surface area contributed by atoms with E-state index >= 15 is 0 Å². The average Bonchev–Trinajstić information content (AvgIpc) is 2.86. The van der Waals surface area contributed by atoms with Gasteiger partial charge in [-0.25, -0.2) is 9.59 Å². The number of nitrogens with zero attached hydrogens (tertiary/aromatic N) is 1. The predicted octanol–water partition coefficient (Wildman–Crippen LogP) is 4.51. The minimum atomic E-state index is -1.26. The minimum Gasteiger partial charge on any atom is -0.478 e. The van der Waals surface area contributed by atoms with Crippen molar-refractivity contribution in [1.82, 2.24) is 10.3 Å². The first-order valence-electron chi connectivity index (χ1n) is 11.9. The summed E-state index contributed by atoms with van der Waals surface area (Å²) in [6.45, 7) is 4.06. The van der Waals surface area contributed by atoms with E-state index in [2.05, 4.69) is 17.2 Å². The van der Waals surface area contributed by atoms with Gasteiger partial charge in [-0.1, -0.05) is 42.1 Å². The Morgan fingerprint density at radius 1 is 1.08 bits per heavy atom. The molecule has 0 amide bonds. The van der Waals surface area contributed by atoms with Crippen LogP contribution in [0.2, 0.25) is 10.0 Å². The fourth-order valence-electron chi connectivity index (χ4n) is 3.13. The maximum absolute atomic E-state index is 10.3. The van der Waals surface area contributed by atoms with Gasteiger partial charge in [-0.05, 0) is 49.6 Å². The lowest BCUT2D eigenvalue weighted by Gasteiger charge is -2.18. The summed E-state index contributed by atoms with van der Waals surface area (Å²) in [4.78, 5) is 23.4. The van der Waals surface area contributed by atoms with Gasteiger partial charge in [0.2, 0.25) is 0 Å². The number of carboxylic acid groups (broad SMARTS) is 2. The molecule has 37 heavy (non-hydrogen) atoms. The second kappa shape index (κ2) is 18.5. The molecule has 9 nitrogen and oxygen atoms in total. The molecule has 6 N–H and O–H groups in total. The Morgan fingerprint density at radius 3 is 2.30 bits per heavy atom. The zero-order chi connectivity index (χ0) is 27.6. The Labute approximate surface area is 227 Å². The van der Waals surface area contributed by atoms with Gasteiger partial charge in [-0.2, -0.15) is 0 Å². The number of anilines is 1. The van der Waals surface area contributed by atoms with E-state index in [0.29, 0.717) is 52.6 Å². The topological polar surface area (TPSA) is 155 Å². The van der Waals surface area contributed by atoms with Crippen LogP contribution in [0.25, 0.3) is 0 Å². The van der Waals surface area contributed by atoms with Crippen molar-refractivity contribution in [3.8, 4) is 0 Å². The summed E-state index contributed by atoms with van der Waals surface area (Å²) < 4.78 is 5.68. The Morgan fingerprint density at radius 2 is 1.73 bits per heavy atom. The van der Waals surface area contributed by atoms with Gasteiger partial charge in [0, 0.05) is 49.7 Å². The number of aliphatic hydroxyl groups excluding tert-OH is 1. The van der Waals surface area contributed by atoms with Gasteiger partial charge in [0.1, 0.15) is 0 Å². The van der Waals surface area contributed by atoms with Crippen LogP contribution < -0.4 is 11.1 Å². The number of carbonyl (C=O) groups is 2. The van der Waals surface area contributed by atoms with E-state index in [-0.39, 0.29) is 0 Å². The molecule has 11 heteroatoms. The maximum atomic E-state index is 10.3. The highest BCUT2D eigenvalue weighted by Crippen LogP contribution is 2.31. The molecule has 0 radical (unpaired) electrons. The predicted molar refractivity (Wildman–Crippen MR) is 145 cm³/mol. The van der Waals surface area contributed by atoms with E-state index in [9.17, 15) is 14.7 Å². The van der Waals surface area contributed by atoms with Gasteiger partial charge >= 0.3 is 11.9 Å². The van der Waals surface area contributed by atoms with Crippen LogP contribution in [0.15, 0.2) is 48.7 Å². The molecule has 2 rings (SSSR count). The van der Waals surface area contributed by atoms with E-state index in [1.165, 1.54) is 0 Å².